The Morgan fingerprint density at radius 3 is 2.53 bits per heavy atom. The molecule has 3 rings (SSSR count). The monoisotopic (exact) mass is 495 g/mol. The highest BCUT2D eigenvalue weighted by molar-refractivity contribution is 5.97. The molecule has 12 heteroatoms. The van der Waals surface area contributed by atoms with Crippen molar-refractivity contribution in [2.75, 3.05) is 11.1 Å². The van der Waals surface area contributed by atoms with Crippen LogP contribution in [0.25, 0.3) is 11.2 Å². The molecular weight excluding hydrogens is 466 g/mol. The molecule has 0 aliphatic rings. The van der Waals surface area contributed by atoms with E-state index in [1.165, 1.54) is 6.20 Å². The van der Waals surface area contributed by atoms with Crippen LogP contribution in [0.3, 0.4) is 0 Å². The number of nitrogens with zero attached hydrogens (tertiary/aromatic N) is 3. The second-order valence-corrected chi connectivity index (χ2v) is 8.47. The number of carbonyl (C=O) groups is 3. The van der Waals surface area contributed by atoms with E-state index in [0.29, 0.717) is 11.4 Å². The number of carboxylic acid groups (broad SMARTS) is 1. The average molecular weight is 496 g/mol. The van der Waals surface area contributed by atoms with Crippen LogP contribution in [-0.4, -0.2) is 48.7 Å². The van der Waals surface area contributed by atoms with Gasteiger partial charge in [0.25, 0.3) is 11.5 Å². The minimum absolute atomic E-state index is 0.00567. The zero-order chi connectivity index (χ0) is 26.2. The fraction of sp³-hybridized carbons (Fsp3) is 0.375. The lowest BCUT2D eigenvalue weighted by Crippen LogP contribution is -2.41. The summed E-state index contributed by atoms with van der Waals surface area (Å²) < 4.78 is 0. The number of aromatic amines is 1. The van der Waals surface area contributed by atoms with E-state index in [4.69, 9.17) is 5.73 Å². The standard InChI is InChI=1S/C24H29N7O5/c1-3-4-13(2)18(32)10-9-17(23(35)36)29-21(33)14-5-7-15(8-6-14)26-11-16-12-27-20-19(28-16)22(34)31-24(25)30-20/h5-8,12-13,17,26H,3-4,9-11H2,1-2H3,(H,29,33)(H,35,36)(H3,25,27,30,31,34)/t13?,17-/m1/s1. The summed E-state index contributed by atoms with van der Waals surface area (Å²) in [4.78, 5) is 63.0. The third-order valence-corrected chi connectivity index (χ3v) is 5.66. The lowest BCUT2D eigenvalue weighted by molar-refractivity contribution is -0.139. The smallest absolute Gasteiger partial charge is 0.326 e. The largest absolute Gasteiger partial charge is 0.480 e. The fourth-order valence-electron chi connectivity index (χ4n) is 3.61. The summed E-state index contributed by atoms with van der Waals surface area (Å²) in [7, 11) is 0. The lowest BCUT2D eigenvalue weighted by atomic mass is 9.96. The van der Waals surface area contributed by atoms with Crippen LogP contribution in [0.4, 0.5) is 11.6 Å². The molecule has 1 unspecified atom stereocenters. The first kappa shape index (κ1) is 26.3. The highest BCUT2D eigenvalue weighted by Crippen LogP contribution is 2.14. The first-order valence-corrected chi connectivity index (χ1v) is 11.6. The van der Waals surface area contributed by atoms with Crippen LogP contribution in [0.15, 0.2) is 35.3 Å². The Bertz CT molecular complexity index is 1310. The van der Waals surface area contributed by atoms with Crippen LogP contribution in [0, 0.1) is 5.92 Å². The van der Waals surface area contributed by atoms with E-state index in [1.807, 2.05) is 13.8 Å². The zero-order valence-corrected chi connectivity index (χ0v) is 20.1. The van der Waals surface area contributed by atoms with Gasteiger partial charge in [0.15, 0.2) is 11.2 Å². The van der Waals surface area contributed by atoms with Crippen molar-refractivity contribution in [2.45, 2.75) is 52.1 Å². The van der Waals surface area contributed by atoms with E-state index < -0.39 is 23.5 Å². The summed E-state index contributed by atoms with van der Waals surface area (Å²) in [5, 5.41) is 15.1. The number of nitrogens with two attached hydrogens (primary N) is 1. The maximum absolute atomic E-state index is 12.6. The number of carbonyl (C=O) groups excluding carboxylic acids is 2. The molecule has 190 valence electrons. The van der Waals surface area contributed by atoms with Crippen molar-refractivity contribution in [1.29, 1.82) is 0 Å². The third-order valence-electron chi connectivity index (χ3n) is 5.66. The van der Waals surface area contributed by atoms with Crippen LogP contribution >= 0.6 is 0 Å². The molecule has 0 saturated carbocycles. The normalized spacial score (nSPS) is 12.6. The van der Waals surface area contributed by atoms with Crippen LogP contribution in [-0.2, 0) is 16.1 Å². The number of fused-ring (bicyclic) bond motifs is 1. The maximum Gasteiger partial charge on any atom is 0.326 e. The molecule has 0 aliphatic heterocycles. The summed E-state index contributed by atoms with van der Waals surface area (Å²) in [6, 6.07) is 5.25. The number of amides is 1. The number of nitrogen functional groups attached to an aromatic ring is 1. The maximum atomic E-state index is 12.6. The van der Waals surface area contributed by atoms with Gasteiger partial charge in [-0.25, -0.2) is 14.8 Å². The van der Waals surface area contributed by atoms with Gasteiger partial charge < -0.3 is 21.5 Å². The number of rotatable bonds is 12. The van der Waals surface area contributed by atoms with Crippen molar-refractivity contribution < 1.29 is 19.5 Å². The van der Waals surface area contributed by atoms with Crippen molar-refractivity contribution >= 4 is 40.5 Å². The first-order valence-electron chi connectivity index (χ1n) is 11.6. The molecule has 0 saturated heterocycles. The summed E-state index contributed by atoms with van der Waals surface area (Å²) in [5.74, 6) is -1.91. The molecule has 2 atom stereocenters. The lowest BCUT2D eigenvalue weighted by Gasteiger charge is -2.16. The molecule has 0 spiro atoms. The number of hydrogen-bond donors (Lipinski definition) is 5. The second-order valence-electron chi connectivity index (χ2n) is 8.47. The van der Waals surface area contributed by atoms with Crippen molar-refractivity contribution in [3.8, 4) is 0 Å². The molecule has 0 fully saturated rings. The number of ketones is 1. The summed E-state index contributed by atoms with van der Waals surface area (Å²) >= 11 is 0. The van der Waals surface area contributed by atoms with Gasteiger partial charge in [-0.15, -0.1) is 0 Å². The molecule has 1 amide bonds. The Hall–Kier alpha value is -4.35. The van der Waals surface area contributed by atoms with Crippen molar-refractivity contribution in [3.63, 3.8) is 0 Å². The Morgan fingerprint density at radius 1 is 1.14 bits per heavy atom. The van der Waals surface area contributed by atoms with Gasteiger partial charge in [0.2, 0.25) is 5.95 Å². The number of hydrogen-bond acceptors (Lipinski definition) is 9. The van der Waals surface area contributed by atoms with Gasteiger partial charge in [-0.3, -0.25) is 19.4 Å². The van der Waals surface area contributed by atoms with Gasteiger partial charge in [-0.1, -0.05) is 20.3 Å². The number of H-pyrrole nitrogens is 1. The van der Waals surface area contributed by atoms with E-state index in [0.717, 1.165) is 12.8 Å². The van der Waals surface area contributed by atoms with Crippen LogP contribution in [0.5, 0.6) is 0 Å². The van der Waals surface area contributed by atoms with Gasteiger partial charge >= 0.3 is 5.97 Å². The predicted molar refractivity (Wildman–Crippen MR) is 133 cm³/mol. The van der Waals surface area contributed by atoms with Gasteiger partial charge in [-0.2, -0.15) is 4.98 Å². The van der Waals surface area contributed by atoms with Gasteiger partial charge in [0, 0.05) is 23.6 Å². The SMILES string of the molecule is CCCC(C)C(=O)CC[C@@H](NC(=O)c1ccc(NCc2cnc3nc(N)[nH]c(=O)c3n2)cc1)C(=O)O. The predicted octanol–water partition coefficient (Wildman–Crippen LogP) is 1.88. The molecule has 2 heterocycles. The minimum atomic E-state index is -1.19. The van der Waals surface area contributed by atoms with Crippen molar-refractivity contribution in [1.82, 2.24) is 25.3 Å². The summed E-state index contributed by atoms with van der Waals surface area (Å²) in [5.41, 5.74) is 6.68. The fourth-order valence-corrected chi connectivity index (χ4v) is 3.61. The van der Waals surface area contributed by atoms with Crippen LogP contribution in [0.1, 0.15) is 55.6 Å². The second kappa shape index (κ2) is 11.9. The number of anilines is 2. The van der Waals surface area contributed by atoms with E-state index in [1.54, 1.807) is 24.3 Å². The highest BCUT2D eigenvalue weighted by Gasteiger charge is 2.23. The Kier molecular flexibility index (Phi) is 8.66. The van der Waals surface area contributed by atoms with E-state index in [-0.39, 0.29) is 53.8 Å². The number of Topliss-reactive ketones (excluding diaryl/α,β-unsaturated/α-hetero) is 1. The molecule has 3 aromatic rings. The van der Waals surface area contributed by atoms with Crippen LogP contribution < -0.4 is 21.9 Å². The van der Waals surface area contributed by atoms with Gasteiger partial charge in [0.1, 0.15) is 11.8 Å². The van der Waals surface area contributed by atoms with E-state index in [9.17, 15) is 24.3 Å². The Balaban J connectivity index is 1.57. The minimum Gasteiger partial charge on any atom is -0.480 e. The molecule has 36 heavy (non-hydrogen) atoms. The van der Waals surface area contributed by atoms with Crippen LogP contribution in [0.2, 0.25) is 0 Å². The molecule has 2 aromatic heterocycles. The number of benzene rings is 1. The molecule has 6 N–H and O–H groups in total. The van der Waals surface area contributed by atoms with Crippen molar-refractivity contribution in [3.05, 3.63) is 52.1 Å². The van der Waals surface area contributed by atoms with Crippen molar-refractivity contribution in [2.24, 2.45) is 5.92 Å². The summed E-state index contributed by atoms with van der Waals surface area (Å²) in [6.07, 6.45) is 3.23. The first-order chi connectivity index (χ1) is 17.2. The zero-order valence-electron chi connectivity index (χ0n) is 20.1. The quantitative estimate of drug-likeness (QED) is 0.248. The Labute approximate surface area is 206 Å². The van der Waals surface area contributed by atoms with E-state index >= 15 is 0 Å². The summed E-state index contributed by atoms with van der Waals surface area (Å²) in [6.45, 7) is 4.07. The number of carboxylic acids is 1. The van der Waals surface area contributed by atoms with Gasteiger partial charge in [0.05, 0.1) is 18.4 Å². The number of aliphatic carboxylic acids is 1. The molecule has 0 radical (unpaired) electrons. The Morgan fingerprint density at radius 2 is 1.86 bits per heavy atom. The number of aromatic nitrogens is 4. The third kappa shape index (κ3) is 6.84. The molecule has 0 aliphatic carbocycles. The number of nitrogens with one attached hydrogen (secondary N) is 3. The molecule has 0 bridgehead atoms. The van der Waals surface area contributed by atoms with Gasteiger partial charge in [-0.05, 0) is 37.1 Å². The topological polar surface area (TPSA) is 193 Å². The average Bonchev–Trinajstić information content (AvgIpc) is 2.85. The molecule has 12 nitrogen and oxygen atoms in total. The van der Waals surface area contributed by atoms with E-state index in [2.05, 4.69) is 30.6 Å². The highest BCUT2D eigenvalue weighted by atomic mass is 16.4. The molecule has 1 aromatic carbocycles. The molecular formula is C24H29N7O5.